The van der Waals surface area contributed by atoms with E-state index in [4.69, 9.17) is 37.0 Å². The van der Waals surface area contributed by atoms with E-state index in [1.54, 1.807) is 0 Å². The van der Waals surface area contributed by atoms with Gasteiger partial charge in [-0.2, -0.15) is 0 Å². The first-order valence-electron chi connectivity index (χ1n) is 41.1. The van der Waals surface area contributed by atoms with Crippen LogP contribution in [0.5, 0.6) is 0 Å². The van der Waals surface area contributed by atoms with Gasteiger partial charge in [-0.15, -0.1) is 0 Å². The summed E-state index contributed by atoms with van der Waals surface area (Å²) in [6.07, 6.45) is 62.2. The van der Waals surface area contributed by atoms with Crippen molar-refractivity contribution < 1.29 is 80.2 Å². The number of phosphoric acid groups is 2. The molecule has 0 amide bonds. The highest BCUT2D eigenvalue weighted by Gasteiger charge is 2.30. The van der Waals surface area contributed by atoms with Gasteiger partial charge >= 0.3 is 39.5 Å². The van der Waals surface area contributed by atoms with Crippen molar-refractivity contribution in [1.29, 1.82) is 0 Å². The Bertz CT molecular complexity index is 1870. The minimum atomic E-state index is -4.96. The highest BCUT2D eigenvalue weighted by molar-refractivity contribution is 7.47. The summed E-state index contributed by atoms with van der Waals surface area (Å²) in [5.74, 6) is -1.30. The van der Waals surface area contributed by atoms with Crippen LogP contribution < -0.4 is 0 Å². The molecule has 0 aliphatic heterocycles. The summed E-state index contributed by atoms with van der Waals surface area (Å²) in [7, 11) is -9.91. The van der Waals surface area contributed by atoms with Gasteiger partial charge in [0.25, 0.3) is 0 Å². The number of unbranched alkanes of at least 4 members (excludes halogenated alkanes) is 51. The zero-order chi connectivity index (χ0) is 71.9. The van der Waals surface area contributed by atoms with E-state index < -0.39 is 97.5 Å². The average molecular weight is 1440 g/mol. The maximum Gasteiger partial charge on any atom is 0.472 e. The number of rotatable bonds is 79. The van der Waals surface area contributed by atoms with Crippen LogP contribution in [-0.2, 0) is 65.4 Å². The molecule has 98 heavy (non-hydrogen) atoms. The Hall–Kier alpha value is -1.94. The molecule has 19 heteroatoms. The lowest BCUT2D eigenvalue weighted by Crippen LogP contribution is -2.30. The number of aliphatic hydroxyl groups is 1. The second-order valence-corrected chi connectivity index (χ2v) is 31.8. The normalized spacial score (nSPS) is 13.9. The van der Waals surface area contributed by atoms with Crippen LogP contribution in [0.4, 0.5) is 0 Å². The summed E-state index contributed by atoms with van der Waals surface area (Å²) >= 11 is 0. The van der Waals surface area contributed by atoms with E-state index >= 15 is 0 Å². The zero-order valence-corrected chi connectivity index (χ0v) is 65.7. The van der Waals surface area contributed by atoms with Gasteiger partial charge in [-0.05, 0) is 31.6 Å². The molecular formula is C79H154O17P2. The Morgan fingerprint density at radius 3 is 0.694 bits per heavy atom. The van der Waals surface area contributed by atoms with Gasteiger partial charge in [0.2, 0.25) is 0 Å². The van der Waals surface area contributed by atoms with E-state index in [9.17, 15) is 43.2 Å². The molecule has 3 N–H and O–H groups in total. The Balaban J connectivity index is 5.24. The lowest BCUT2D eigenvalue weighted by molar-refractivity contribution is -0.161. The van der Waals surface area contributed by atoms with Crippen molar-refractivity contribution in [3.8, 4) is 0 Å². The number of carbonyl (C=O) groups is 4. The molecule has 5 atom stereocenters. The first-order chi connectivity index (χ1) is 47.5. The Morgan fingerprint density at radius 2 is 0.469 bits per heavy atom. The second-order valence-electron chi connectivity index (χ2n) is 28.9. The van der Waals surface area contributed by atoms with Gasteiger partial charge in [0.15, 0.2) is 12.2 Å². The zero-order valence-electron chi connectivity index (χ0n) is 63.9. The van der Waals surface area contributed by atoms with Crippen LogP contribution in [0.3, 0.4) is 0 Å². The van der Waals surface area contributed by atoms with Crippen molar-refractivity contribution in [2.24, 2.45) is 5.92 Å². The molecule has 0 aromatic rings. The molecule has 0 aromatic carbocycles. The first-order valence-corrected chi connectivity index (χ1v) is 44.1. The van der Waals surface area contributed by atoms with Crippen molar-refractivity contribution in [2.75, 3.05) is 39.6 Å². The Morgan fingerprint density at radius 1 is 0.276 bits per heavy atom. The summed E-state index contributed by atoms with van der Waals surface area (Å²) in [5.41, 5.74) is 0. The molecule has 0 saturated heterocycles. The quantitative estimate of drug-likeness (QED) is 0.0222. The van der Waals surface area contributed by atoms with Crippen molar-refractivity contribution in [3.05, 3.63) is 0 Å². The SMILES string of the molecule is CCCCCCCCCCCCCCCCCC(=O)OC[C@H](COP(=O)(O)OC[C@@H](O)COP(=O)(O)OC[C@@H](COC(=O)CCCCCCCCCCCCCC)OC(=O)CCCCCCCCCCCCCC)OC(=O)CCCCCCCCCCCCCCCCCCC(C)C. The highest BCUT2D eigenvalue weighted by Crippen LogP contribution is 2.45. The number of carbonyl (C=O) groups excluding carboxylic acids is 4. The van der Waals surface area contributed by atoms with Crippen molar-refractivity contribution in [3.63, 3.8) is 0 Å². The Kier molecular flexibility index (Phi) is 70.6. The van der Waals surface area contributed by atoms with Crippen molar-refractivity contribution >= 4 is 39.5 Å². The summed E-state index contributed by atoms with van der Waals surface area (Å²) < 4.78 is 68.7. The summed E-state index contributed by atoms with van der Waals surface area (Å²) in [6, 6.07) is 0. The molecule has 0 spiro atoms. The number of phosphoric ester groups is 2. The van der Waals surface area contributed by atoms with E-state index in [0.29, 0.717) is 25.7 Å². The van der Waals surface area contributed by atoms with E-state index in [-0.39, 0.29) is 25.7 Å². The highest BCUT2D eigenvalue weighted by atomic mass is 31.2. The molecule has 582 valence electrons. The molecule has 0 saturated carbocycles. The first kappa shape index (κ1) is 96.1. The van der Waals surface area contributed by atoms with Crippen LogP contribution in [0.2, 0.25) is 0 Å². The Labute approximate surface area is 600 Å². The fourth-order valence-electron chi connectivity index (χ4n) is 12.2. The van der Waals surface area contributed by atoms with Gasteiger partial charge in [0.05, 0.1) is 26.4 Å². The van der Waals surface area contributed by atoms with Crippen LogP contribution in [0.1, 0.15) is 420 Å². The molecule has 0 heterocycles. The molecular weight excluding hydrogens is 1280 g/mol. The fraction of sp³-hybridized carbons (Fsp3) is 0.949. The molecule has 0 aromatic heterocycles. The van der Waals surface area contributed by atoms with E-state index in [1.807, 2.05) is 0 Å². The van der Waals surface area contributed by atoms with E-state index in [0.717, 1.165) is 95.8 Å². The smallest absolute Gasteiger partial charge is 0.462 e. The predicted octanol–water partition coefficient (Wildman–Crippen LogP) is 23.6. The van der Waals surface area contributed by atoms with Crippen LogP contribution in [0, 0.1) is 5.92 Å². The van der Waals surface area contributed by atoms with Gasteiger partial charge in [-0.25, -0.2) is 9.13 Å². The minimum absolute atomic E-state index is 0.108. The van der Waals surface area contributed by atoms with Gasteiger partial charge < -0.3 is 33.8 Å². The lowest BCUT2D eigenvalue weighted by atomic mass is 10.0. The minimum Gasteiger partial charge on any atom is -0.462 e. The monoisotopic (exact) mass is 1440 g/mol. The van der Waals surface area contributed by atoms with Gasteiger partial charge in [-0.1, -0.05) is 369 Å². The van der Waals surface area contributed by atoms with Crippen LogP contribution >= 0.6 is 15.6 Å². The number of esters is 4. The molecule has 0 aliphatic rings. The van der Waals surface area contributed by atoms with E-state index in [1.165, 1.54) is 244 Å². The van der Waals surface area contributed by atoms with Crippen LogP contribution in [-0.4, -0.2) is 96.7 Å². The fourth-order valence-corrected chi connectivity index (χ4v) is 13.8. The van der Waals surface area contributed by atoms with E-state index in [2.05, 4.69) is 34.6 Å². The second kappa shape index (κ2) is 72.0. The van der Waals surface area contributed by atoms with Gasteiger partial charge in [0.1, 0.15) is 19.3 Å². The van der Waals surface area contributed by atoms with Crippen molar-refractivity contribution in [2.45, 2.75) is 438 Å². The number of ether oxygens (including phenoxy) is 4. The number of hydrogen-bond acceptors (Lipinski definition) is 15. The molecule has 0 fully saturated rings. The third-order valence-electron chi connectivity index (χ3n) is 18.5. The van der Waals surface area contributed by atoms with Gasteiger partial charge in [0, 0.05) is 25.7 Å². The largest absolute Gasteiger partial charge is 0.472 e. The number of aliphatic hydroxyl groups excluding tert-OH is 1. The number of hydrogen-bond donors (Lipinski definition) is 3. The maximum absolute atomic E-state index is 13.1. The summed E-state index contributed by atoms with van der Waals surface area (Å²) in [5, 5.41) is 10.6. The molecule has 0 aliphatic carbocycles. The molecule has 0 radical (unpaired) electrons. The molecule has 17 nitrogen and oxygen atoms in total. The molecule has 0 rings (SSSR count). The average Bonchev–Trinajstić information content (AvgIpc) is 1.03. The van der Waals surface area contributed by atoms with Crippen molar-refractivity contribution in [1.82, 2.24) is 0 Å². The maximum atomic E-state index is 13.1. The topological polar surface area (TPSA) is 237 Å². The predicted molar refractivity (Wildman–Crippen MR) is 400 cm³/mol. The molecule has 0 bridgehead atoms. The summed E-state index contributed by atoms with van der Waals surface area (Å²) in [4.78, 5) is 72.9. The third kappa shape index (κ3) is 72.4. The van der Waals surface area contributed by atoms with Crippen LogP contribution in [0.25, 0.3) is 0 Å². The summed E-state index contributed by atoms with van der Waals surface area (Å²) in [6.45, 7) is 7.35. The lowest BCUT2D eigenvalue weighted by Gasteiger charge is -2.21. The third-order valence-corrected chi connectivity index (χ3v) is 20.4. The molecule has 2 unspecified atom stereocenters. The standard InChI is InChI=1S/C79H154O17P2/c1-6-9-12-15-18-21-24-27-30-34-39-43-48-53-58-63-77(82)90-69-75(96-79(84)65-60-55-50-45-40-35-32-29-28-31-33-36-41-46-51-56-61-72(4)5)71-94-98(87,88)92-67-73(80)66-91-97(85,86)93-70-74(95-78(83)64-59-54-49-44-38-26-23-20-17-14-11-8-3)68-89-76(81)62-57-52-47-42-37-25-22-19-16-13-10-7-2/h72-75,80H,6-71H2,1-5H3,(H,85,86)(H,87,88)/t73-,74+,75+/m0/s1. The van der Waals surface area contributed by atoms with Crippen LogP contribution in [0.15, 0.2) is 0 Å². The van der Waals surface area contributed by atoms with Gasteiger partial charge in [-0.3, -0.25) is 37.3 Å².